The maximum absolute atomic E-state index is 10.7. The van der Waals surface area contributed by atoms with Crippen LogP contribution in [0.3, 0.4) is 0 Å². The fraction of sp³-hybridized carbons (Fsp3) is 0.200. The molecule has 14 heavy (non-hydrogen) atoms. The molecule has 0 radical (unpaired) electrons. The van der Waals surface area contributed by atoms with Gasteiger partial charge in [-0.25, -0.2) is 0 Å². The number of carbonyl (C=O) groups is 2. The van der Waals surface area contributed by atoms with Gasteiger partial charge in [0.25, 0.3) is 0 Å². The highest BCUT2D eigenvalue weighted by molar-refractivity contribution is 5.90. The normalized spacial score (nSPS) is 9.57. The second-order valence-corrected chi connectivity index (χ2v) is 2.88. The van der Waals surface area contributed by atoms with Gasteiger partial charge in [0.1, 0.15) is 5.75 Å². The van der Waals surface area contributed by atoms with Gasteiger partial charge in [0.15, 0.2) is 0 Å². The van der Waals surface area contributed by atoms with Crippen molar-refractivity contribution in [3.63, 3.8) is 0 Å². The summed E-state index contributed by atoms with van der Waals surface area (Å²) in [6.07, 6.45) is 0. The maximum Gasteiger partial charge on any atom is 0.308 e. The minimum atomic E-state index is -1.36. The average Bonchev–Trinajstić information content (AvgIpc) is 2.07. The summed E-state index contributed by atoms with van der Waals surface area (Å²) in [5.74, 6) is -1.90. The van der Waals surface area contributed by atoms with Crippen molar-refractivity contribution in [1.82, 2.24) is 0 Å². The fourth-order valence-electron chi connectivity index (χ4n) is 1.05. The Balaban J connectivity index is 3.14. The van der Waals surface area contributed by atoms with Crippen LogP contribution in [0.15, 0.2) is 18.2 Å². The summed E-state index contributed by atoms with van der Waals surface area (Å²) in [6, 6.07) is 4.49. The van der Waals surface area contributed by atoms with Crippen LogP contribution < -0.4 is 9.84 Å². The Hall–Kier alpha value is -1.84. The third-order valence-electron chi connectivity index (χ3n) is 1.61. The van der Waals surface area contributed by atoms with Gasteiger partial charge in [0.2, 0.25) is 0 Å². The Morgan fingerprint density at radius 3 is 2.50 bits per heavy atom. The van der Waals surface area contributed by atoms with Crippen molar-refractivity contribution in [2.24, 2.45) is 0 Å². The van der Waals surface area contributed by atoms with Crippen molar-refractivity contribution in [3.8, 4) is 5.75 Å². The van der Waals surface area contributed by atoms with Crippen LogP contribution in [-0.4, -0.2) is 11.9 Å². The first-order valence-corrected chi connectivity index (χ1v) is 4.01. The number of aromatic carboxylic acids is 1. The maximum atomic E-state index is 10.7. The molecule has 0 bridgehead atoms. The molecular weight excluding hydrogens is 184 g/mol. The quantitative estimate of drug-likeness (QED) is 0.500. The van der Waals surface area contributed by atoms with E-state index >= 15 is 0 Å². The van der Waals surface area contributed by atoms with Crippen LogP contribution in [0.1, 0.15) is 22.8 Å². The summed E-state index contributed by atoms with van der Waals surface area (Å²) < 4.78 is 4.70. The van der Waals surface area contributed by atoms with Crippen LogP contribution in [0.4, 0.5) is 0 Å². The molecule has 0 aliphatic rings. The van der Waals surface area contributed by atoms with Crippen molar-refractivity contribution >= 4 is 11.9 Å². The number of aryl methyl sites for hydroxylation is 1. The number of esters is 1. The van der Waals surface area contributed by atoms with Gasteiger partial charge in [0.05, 0.1) is 5.97 Å². The molecule has 4 nitrogen and oxygen atoms in total. The van der Waals surface area contributed by atoms with Gasteiger partial charge in [0, 0.05) is 12.5 Å². The van der Waals surface area contributed by atoms with Crippen LogP contribution in [0.5, 0.6) is 5.75 Å². The molecule has 74 valence electrons. The number of benzene rings is 1. The molecule has 0 aliphatic heterocycles. The second-order valence-electron chi connectivity index (χ2n) is 2.88. The lowest BCUT2D eigenvalue weighted by atomic mass is 10.1. The first-order valence-electron chi connectivity index (χ1n) is 4.01. The standard InChI is InChI=1S/C10H10O4/c1-6-3-4-9(14-7(2)11)8(5-6)10(12)13/h3-5H,1-2H3,(H,12,13)/p-1. The van der Waals surface area contributed by atoms with Gasteiger partial charge in [-0.05, 0) is 19.1 Å². The van der Waals surface area contributed by atoms with Crippen LogP contribution in [0.2, 0.25) is 0 Å². The summed E-state index contributed by atoms with van der Waals surface area (Å²) in [4.78, 5) is 21.3. The first-order chi connectivity index (χ1) is 6.50. The van der Waals surface area contributed by atoms with Crippen molar-refractivity contribution in [2.75, 3.05) is 0 Å². The summed E-state index contributed by atoms with van der Waals surface area (Å²) in [5, 5.41) is 10.7. The third kappa shape index (κ3) is 2.32. The van der Waals surface area contributed by atoms with E-state index in [1.165, 1.54) is 19.1 Å². The molecule has 0 saturated carbocycles. The zero-order chi connectivity index (χ0) is 10.7. The third-order valence-corrected chi connectivity index (χ3v) is 1.61. The fourth-order valence-corrected chi connectivity index (χ4v) is 1.05. The van der Waals surface area contributed by atoms with Gasteiger partial charge < -0.3 is 14.6 Å². The molecule has 1 aromatic rings. The van der Waals surface area contributed by atoms with E-state index in [2.05, 4.69) is 0 Å². The number of ether oxygens (including phenoxy) is 1. The highest BCUT2D eigenvalue weighted by Crippen LogP contribution is 2.19. The van der Waals surface area contributed by atoms with Crippen LogP contribution in [0.25, 0.3) is 0 Å². The van der Waals surface area contributed by atoms with E-state index in [1.807, 2.05) is 0 Å². The number of hydrogen-bond acceptors (Lipinski definition) is 4. The molecule has 0 heterocycles. The SMILES string of the molecule is CC(=O)Oc1ccc(C)cc1C(=O)[O-]. The zero-order valence-electron chi connectivity index (χ0n) is 7.87. The largest absolute Gasteiger partial charge is 0.545 e. The molecule has 0 saturated heterocycles. The molecule has 1 rings (SSSR count). The minimum Gasteiger partial charge on any atom is -0.545 e. The predicted molar refractivity (Wildman–Crippen MR) is 46.8 cm³/mol. The van der Waals surface area contributed by atoms with E-state index in [4.69, 9.17) is 4.74 Å². The van der Waals surface area contributed by atoms with E-state index in [0.717, 1.165) is 5.56 Å². The summed E-state index contributed by atoms with van der Waals surface area (Å²) in [5.41, 5.74) is 0.653. The Morgan fingerprint density at radius 1 is 1.36 bits per heavy atom. The lowest BCUT2D eigenvalue weighted by Crippen LogP contribution is -2.23. The summed E-state index contributed by atoms with van der Waals surface area (Å²) in [7, 11) is 0. The van der Waals surface area contributed by atoms with Gasteiger partial charge in [-0.1, -0.05) is 11.6 Å². The van der Waals surface area contributed by atoms with Crippen LogP contribution in [-0.2, 0) is 4.79 Å². The smallest absolute Gasteiger partial charge is 0.308 e. The predicted octanol–water partition coefficient (Wildman–Crippen LogP) is 0.284. The number of carboxylic acid groups (broad SMARTS) is 1. The number of carbonyl (C=O) groups excluding carboxylic acids is 2. The van der Waals surface area contributed by atoms with E-state index in [9.17, 15) is 14.7 Å². The number of rotatable bonds is 2. The lowest BCUT2D eigenvalue weighted by Gasteiger charge is -2.10. The minimum absolute atomic E-state index is 0.0168. The van der Waals surface area contributed by atoms with Crippen molar-refractivity contribution in [3.05, 3.63) is 29.3 Å². The second kappa shape index (κ2) is 3.91. The lowest BCUT2D eigenvalue weighted by molar-refractivity contribution is -0.255. The molecule has 0 fully saturated rings. The van der Waals surface area contributed by atoms with Crippen molar-refractivity contribution < 1.29 is 19.4 Å². The molecule has 0 unspecified atom stereocenters. The highest BCUT2D eigenvalue weighted by atomic mass is 16.5. The van der Waals surface area contributed by atoms with E-state index in [1.54, 1.807) is 13.0 Å². The molecule has 4 heteroatoms. The van der Waals surface area contributed by atoms with Crippen LogP contribution >= 0.6 is 0 Å². The zero-order valence-corrected chi connectivity index (χ0v) is 7.87. The van der Waals surface area contributed by atoms with Gasteiger partial charge in [-0.3, -0.25) is 4.79 Å². The molecule has 1 aromatic carbocycles. The molecule has 0 spiro atoms. The topological polar surface area (TPSA) is 66.4 Å². The van der Waals surface area contributed by atoms with Gasteiger partial charge in [-0.2, -0.15) is 0 Å². The van der Waals surface area contributed by atoms with Gasteiger partial charge in [-0.15, -0.1) is 0 Å². The van der Waals surface area contributed by atoms with E-state index < -0.39 is 11.9 Å². The summed E-state index contributed by atoms with van der Waals surface area (Å²) >= 11 is 0. The van der Waals surface area contributed by atoms with Crippen molar-refractivity contribution in [1.29, 1.82) is 0 Å². The number of hydrogen-bond donors (Lipinski definition) is 0. The molecule has 0 aliphatic carbocycles. The van der Waals surface area contributed by atoms with Gasteiger partial charge >= 0.3 is 5.97 Å². The molecular formula is C10H9O4-. The molecule has 0 aromatic heterocycles. The van der Waals surface area contributed by atoms with Crippen molar-refractivity contribution in [2.45, 2.75) is 13.8 Å². The summed E-state index contributed by atoms with van der Waals surface area (Å²) in [6.45, 7) is 2.95. The highest BCUT2D eigenvalue weighted by Gasteiger charge is 2.06. The Morgan fingerprint density at radius 2 is 2.00 bits per heavy atom. The number of carboxylic acids is 1. The molecule has 0 amide bonds. The van der Waals surface area contributed by atoms with Crippen LogP contribution in [0, 0.1) is 6.92 Å². The molecule has 0 atom stereocenters. The average molecular weight is 193 g/mol. The molecule has 0 N–H and O–H groups in total. The Labute approximate surface area is 81.1 Å². The van der Waals surface area contributed by atoms with E-state index in [0.29, 0.717) is 0 Å². The first kappa shape index (κ1) is 10.2. The Kier molecular flexibility index (Phi) is 2.86. The Bertz CT molecular complexity index is 382. The monoisotopic (exact) mass is 193 g/mol. The van der Waals surface area contributed by atoms with E-state index in [-0.39, 0.29) is 11.3 Å².